The van der Waals surface area contributed by atoms with Crippen LogP contribution in [0.2, 0.25) is 0 Å². The lowest BCUT2D eigenvalue weighted by molar-refractivity contribution is -0.160. The van der Waals surface area contributed by atoms with E-state index in [1.807, 2.05) is 0 Å². The lowest BCUT2D eigenvalue weighted by Gasteiger charge is -2.10. The van der Waals surface area contributed by atoms with Crippen molar-refractivity contribution in [3.63, 3.8) is 0 Å². The number of halogens is 3. The van der Waals surface area contributed by atoms with E-state index in [4.69, 9.17) is 4.55 Å². The first kappa shape index (κ1) is 12.7. The Balaban J connectivity index is 4.57. The van der Waals surface area contributed by atoms with Gasteiger partial charge in [-0.15, -0.1) is 0 Å². The third-order valence-electron chi connectivity index (χ3n) is 0.872. The van der Waals surface area contributed by atoms with Gasteiger partial charge in [0, 0.05) is 5.33 Å². The van der Waals surface area contributed by atoms with Crippen molar-refractivity contribution in [2.24, 2.45) is 0 Å². The molecule has 9 heteroatoms. The second-order valence-corrected chi connectivity index (χ2v) is 4.07. The molecule has 0 radical (unpaired) electrons. The summed E-state index contributed by atoms with van der Waals surface area (Å²) in [5.74, 6) is -2.30. The molecule has 78 valence electrons. The smallest absolute Gasteiger partial charge is 0.459 e. The van der Waals surface area contributed by atoms with Crippen LogP contribution in [0.25, 0.3) is 0 Å². The van der Waals surface area contributed by atoms with E-state index in [2.05, 4.69) is 20.7 Å². The molecule has 0 fully saturated rings. The standard InChI is InChI=1S/C4H5BrF2O5S/c5-1-2-12-3(8)4(6,7)13(9,10)11/h1-2H2,(H,9,10,11). The molecular formula is C4H5BrF2O5S. The van der Waals surface area contributed by atoms with E-state index in [0.717, 1.165) is 0 Å². The van der Waals surface area contributed by atoms with E-state index in [-0.39, 0.29) is 5.33 Å². The fourth-order valence-electron chi connectivity index (χ4n) is 0.321. The first-order valence-electron chi connectivity index (χ1n) is 2.81. The fourth-order valence-corrected chi connectivity index (χ4v) is 0.752. The Morgan fingerprint density at radius 2 is 2.00 bits per heavy atom. The highest BCUT2D eigenvalue weighted by molar-refractivity contribution is 9.09. The lowest BCUT2D eigenvalue weighted by Crippen LogP contribution is -2.39. The van der Waals surface area contributed by atoms with Gasteiger partial charge in [0.15, 0.2) is 0 Å². The van der Waals surface area contributed by atoms with E-state index in [0.29, 0.717) is 0 Å². The van der Waals surface area contributed by atoms with E-state index < -0.39 is 27.9 Å². The number of hydrogen-bond donors (Lipinski definition) is 1. The summed E-state index contributed by atoms with van der Waals surface area (Å²) in [6, 6.07) is 0. The second kappa shape index (κ2) is 4.29. The Morgan fingerprint density at radius 3 is 2.31 bits per heavy atom. The van der Waals surface area contributed by atoms with Gasteiger partial charge in [-0.3, -0.25) is 4.55 Å². The van der Waals surface area contributed by atoms with Gasteiger partial charge in [-0.25, -0.2) is 4.79 Å². The molecule has 0 aromatic carbocycles. The molecule has 0 atom stereocenters. The second-order valence-electron chi connectivity index (χ2n) is 1.82. The van der Waals surface area contributed by atoms with Crippen LogP contribution < -0.4 is 0 Å². The quantitative estimate of drug-likeness (QED) is 0.459. The summed E-state index contributed by atoms with van der Waals surface area (Å²) in [6.07, 6.45) is 0. The van der Waals surface area contributed by atoms with Gasteiger partial charge in [0.1, 0.15) is 6.61 Å². The monoisotopic (exact) mass is 282 g/mol. The Hall–Kier alpha value is -0.280. The van der Waals surface area contributed by atoms with E-state index in [1.165, 1.54) is 0 Å². The molecule has 0 bridgehead atoms. The minimum absolute atomic E-state index is 0.0836. The molecule has 5 nitrogen and oxygen atoms in total. The fraction of sp³-hybridized carbons (Fsp3) is 0.750. The normalized spacial score (nSPS) is 12.6. The number of hydrogen-bond acceptors (Lipinski definition) is 4. The van der Waals surface area contributed by atoms with Gasteiger partial charge in [0.25, 0.3) is 0 Å². The Bertz CT molecular complexity index is 287. The van der Waals surface area contributed by atoms with Crippen molar-refractivity contribution in [2.45, 2.75) is 5.25 Å². The van der Waals surface area contributed by atoms with Crippen molar-refractivity contribution < 1.29 is 31.3 Å². The first-order valence-corrected chi connectivity index (χ1v) is 5.37. The van der Waals surface area contributed by atoms with Crippen molar-refractivity contribution in [2.75, 3.05) is 11.9 Å². The first-order chi connectivity index (χ1) is 5.73. The van der Waals surface area contributed by atoms with Crippen molar-refractivity contribution >= 4 is 32.0 Å². The molecule has 0 heterocycles. The minimum Gasteiger partial charge on any atom is -0.459 e. The molecule has 0 aromatic heterocycles. The Morgan fingerprint density at radius 1 is 1.54 bits per heavy atom. The summed E-state index contributed by atoms with van der Waals surface area (Å²) in [4.78, 5) is 10.3. The van der Waals surface area contributed by atoms with Crippen LogP contribution in [0.4, 0.5) is 8.78 Å². The minimum atomic E-state index is -5.76. The molecule has 0 aliphatic carbocycles. The summed E-state index contributed by atoms with van der Waals surface area (Å²) in [7, 11) is -5.76. The van der Waals surface area contributed by atoms with Gasteiger partial charge >= 0.3 is 21.3 Å². The molecular weight excluding hydrogens is 278 g/mol. The molecule has 0 rings (SSSR count). The van der Waals surface area contributed by atoms with Gasteiger partial charge in [0.05, 0.1) is 0 Å². The zero-order valence-electron chi connectivity index (χ0n) is 6.04. The highest BCUT2D eigenvalue weighted by Crippen LogP contribution is 2.21. The molecule has 0 amide bonds. The van der Waals surface area contributed by atoms with Crippen LogP contribution in [0.5, 0.6) is 0 Å². The Kier molecular flexibility index (Phi) is 4.20. The maximum absolute atomic E-state index is 12.3. The molecule has 0 unspecified atom stereocenters. The van der Waals surface area contributed by atoms with E-state index in [1.54, 1.807) is 0 Å². The predicted octanol–water partition coefficient (Wildman–Crippen LogP) is 0.405. The van der Waals surface area contributed by atoms with Crippen LogP contribution in [0.1, 0.15) is 0 Å². The highest BCUT2D eigenvalue weighted by Gasteiger charge is 2.54. The molecule has 0 saturated heterocycles. The lowest BCUT2D eigenvalue weighted by atomic mass is 10.7. The van der Waals surface area contributed by atoms with Crippen molar-refractivity contribution in [3.05, 3.63) is 0 Å². The predicted molar refractivity (Wildman–Crippen MR) is 41.2 cm³/mol. The zero-order valence-corrected chi connectivity index (χ0v) is 8.44. The number of esters is 1. The van der Waals surface area contributed by atoms with Gasteiger partial charge in [-0.2, -0.15) is 17.2 Å². The Labute approximate surface area is 80.9 Å². The maximum Gasteiger partial charge on any atom is 0.465 e. The zero-order chi connectivity index (χ0) is 10.7. The molecule has 13 heavy (non-hydrogen) atoms. The molecule has 0 saturated carbocycles. The van der Waals surface area contributed by atoms with Crippen LogP contribution in [-0.4, -0.2) is 36.1 Å². The van der Waals surface area contributed by atoms with Gasteiger partial charge in [0.2, 0.25) is 0 Å². The number of alkyl halides is 3. The van der Waals surface area contributed by atoms with E-state index in [9.17, 15) is 22.0 Å². The van der Waals surface area contributed by atoms with Gasteiger partial charge < -0.3 is 4.74 Å². The van der Waals surface area contributed by atoms with Crippen molar-refractivity contribution in [1.29, 1.82) is 0 Å². The SMILES string of the molecule is O=C(OCCBr)C(F)(F)S(=O)(=O)O. The number of rotatable bonds is 4. The van der Waals surface area contributed by atoms with E-state index >= 15 is 0 Å². The molecule has 0 aliphatic heterocycles. The van der Waals surface area contributed by atoms with Crippen molar-refractivity contribution in [1.82, 2.24) is 0 Å². The third kappa shape index (κ3) is 3.16. The summed E-state index contributed by atoms with van der Waals surface area (Å²) in [5, 5.41) is -4.82. The topological polar surface area (TPSA) is 80.7 Å². The molecule has 0 aliphatic rings. The average molecular weight is 283 g/mol. The van der Waals surface area contributed by atoms with Gasteiger partial charge in [-0.05, 0) is 0 Å². The highest BCUT2D eigenvalue weighted by atomic mass is 79.9. The van der Waals surface area contributed by atoms with Gasteiger partial charge in [-0.1, -0.05) is 15.9 Å². The van der Waals surface area contributed by atoms with Crippen LogP contribution >= 0.6 is 15.9 Å². The average Bonchev–Trinajstić information content (AvgIpc) is 1.97. The maximum atomic E-state index is 12.3. The number of carbonyl (C=O) groups is 1. The molecule has 0 spiro atoms. The van der Waals surface area contributed by atoms with Crippen LogP contribution in [0.3, 0.4) is 0 Å². The van der Waals surface area contributed by atoms with Crippen LogP contribution in [-0.2, 0) is 19.6 Å². The number of ether oxygens (including phenoxy) is 1. The van der Waals surface area contributed by atoms with Crippen LogP contribution in [0, 0.1) is 0 Å². The molecule has 0 aromatic rings. The summed E-state index contributed by atoms with van der Waals surface area (Å²) in [5.41, 5.74) is 0. The largest absolute Gasteiger partial charge is 0.465 e. The van der Waals surface area contributed by atoms with Crippen LogP contribution in [0.15, 0.2) is 0 Å². The molecule has 1 N–H and O–H groups in total. The number of carbonyl (C=O) groups excluding carboxylic acids is 1. The summed E-state index contributed by atoms with van der Waals surface area (Å²) >= 11 is 2.76. The van der Waals surface area contributed by atoms with Crippen molar-refractivity contribution in [3.8, 4) is 0 Å². The third-order valence-corrected chi connectivity index (χ3v) is 2.01. The summed E-state index contributed by atoms with van der Waals surface area (Å²) in [6.45, 7) is -0.413. The summed E-state index contributed by atoms with van der Waals surface area (Å²) < 4.78 is 56.3.